The second kappa shape index (κ2) is 12.4. The van der Waals surface area contributed by atoms with Crippen LogP contribution in [0.25, 0.3) is 0 Å². The topological polar surface area (TPSA) is 106 Å². The summed E-state index contributed by atoms with van der Waals surface area (Å²) in [5.41, 5.74) is 1.72. The summed E-state index contributed by atoms with van der Waals surface area (Å²) in [7, 11) is 3.75. The summed E-state index contributed by atoms with van der Waals surface area (Å²) in [6.45, 7) is 2.46. The third-order valence-electron chi connectivity index (χ3n) is 10.6. The zero-order chi connectivity index (χ0) is 29.3. The van der Waals surface area contributed by atoms with Gasteiger partial charge in [-0.15, -0.1) is 0 Å². The van der Waals surface area contributed by atoms with E-state index < -0.39 is 0 Å². The Morgan fingerprint density at radius 2 is 1.83 bits per heavy atom. The number of nitriles is 1. The van der Waals surface area contributed by atoms with Gasteiger partial charge in [0.15, 0.2) is 0 Å². The van der Waals surface area contributed by atoms with Crippen molar-refractivity contribution in [2.45, 2.75) is 70.4 Å². The Labute approximate surface area is 255 Å². The van der Waals surface area contributed by atoms with E-state index >= 15 is 0 Å². The van der Waals surface area contributed by atoms with Crippen LogP contribution < -0.4 is 16.0 Å². The first-order valence-corrected chi connectivity index (χ1v) is 16.1. The zero-order valence-corrected chi connectivity index (χ0v) is 25.7. The normalized spacial score (nSPS) is 31.4. The first kappa shape index (κ1) is 29.2. The molecule has 224 valence electrons. The third kappa shape index (κ3) is 6.23. The first-order chi connectivity index (χ1) is 20.3. The fourth-order valence-corrected chi connectivity index (χ4v) is 9.00. The minimum Gasteiger partial charge on any atom is -0.368 e. The lowest BCUT2D eigenvalue weighted by atomic mass is 9.48. The number of carbonyl (C=O) groups is 1. The summed E-state index contributed by atoms with van der Waals surface area (Å²) in [4.78, 5) is 23.2. The van der Waals surface area contributed by atoms with Gasteiger partial charge < -0.3 is 20.9 Å². The average Bonchev–Trinajstić information content (AvgIpc) is 2.99. The van der Waals surface area contributed by atoms with Crippen LogP contribution in [0.3, 0.4) is 0 Å². The predicted molar refractivity (Wildman–Crippen MR) is 166 cm³/mol. The maximum absolute atomic E-state index is 12.4. The summed E-state index contributed by atoms with van der Waals surface area (Å²) in [5, 5.41) is 21.4. The molecule has 1 heterocycles. The van der Waals surface area contributed by atoms with Gasteiger partial charge in [-0.25, -0.2) is 4.98 Å². The second-order valence-electron chi connectivity index (χ2n) is 13.7. The molecule has 1 amide bonds. The number of benzene rings is 1. The molecule has 3 unspecified atom stereocenters. The predicted octanol–water partition coefficient (Wildman–Crippen LogP) is 5.70. The molecule has 1 aromatic heterocycles. The Bertz CT molecular complexity index is 1300. The summed E-state index contributed by atoms with van der Waals surface area (Å²) in [6, 6.07) is 10.6. The quantitative estimate of drug-likeness (QED) is 0.326. The molecule has 0 saturated heterocycles. The van der Waals surface area contributed by atoms with Crippen LogP contribution in [0.1, 0.15) is 68.9 Å². The van der Waals surface area contributed by atoms with Crippen molar-refractivity contribution in [3.8, 4) is 6.07 Å². The number of nitrogens with one attached hydrogen (secondary N) is 3. The van der Waals surface area contributed by atoms with E-state index in [9.17, 15) is 10.1 Å². The molecule has 0 spiro atoms. The van der Waals surface area contributed by atoms with E-state index in [1.54, 1.807) is 11.1 Å². The van der Waals surface area contributed by atoms with Crippen LogP contribution in [0.2, 0.25) is 5.02 Å². The Morgan fingerprint density at radius 1 is 1.10 bits per heavy atom. The number of anilines is 2. The van der Waals surface area contributed by atoms with Crippen molar-refractivity contribution < 1.29 is 4.79 Å². The van der Waals surface area contributed by atoms with Crippen LogP contribution in [-0.2, 0) is 11.3 Å². The molecular weight excluding hydrogens is 546 g/mol. The molecular formula is C33H44ClN7O. The maximum Gasteiger partial charge on any atom is 0.225 e. The van der Waals surface area contributed by atoms with Crippen molar-refractivity contribution in [1.82, 2.24) is 20.2 Å². The maximum atomic E-state index is 12.4. The highest BCUT2D eigenvalue weighted by Gasteiger charge is 2.55. The Balaban J connectivity index is 1.04. The van der Waals surface area contributed by atoms with Crippen LogP contribution in [-0.4, -0.2) is 54.0 Å². The number of hydrogen-bond donors (Lipinski definition) is 3. The minimum atomic E-state index is 0.218. The van der Waals surface area contributed by atoms with Gasteiger partial charge in [-0.05, 0) is 105 Å². The number of hydrogen-bond acceptors (Lipinski definition) is 7. The lowest BCUT2D eigenvalue weighted by molar-refractivity contribution is -0.134. The van der Waals surface area contributed by atoms with Gasteiger partial charge >= 0.3 is 0 Å². The molecule has 5 fully saturated rings. The van der Waals surface area contributed by atoms with Gasteiger partial charge in [0.25, 0.3) is 0 Å². The number of carbonyl (C=O) groups excluding carboxylic acids is 1. The van der Waals surface area contributed by atoms with Gasteiger partial charge in [-0.2, -0.15) is 10.2 Å². The molecule has 9 heteroatoms. The highest BCUT2D eigenvalue weighted by atomic mass is 35.5. The largest absolute Gasteiger partial charge is 0.368 e. The van der Waals surface area contributed by atoms with Gasteiger partial charge in [0.1, 0.15) is 17.5 Å². The molecule has 3 N–H and O–H groups in total. The molecule has 1 aromatic carbocycles. The SMILES string of the molecule is CN(C)C(=O)C1CCC(CNC2[C@@H]3CC4C[C@H]2CC(CNc2nc(NCc5ccccc5Cl)ncc2C#N)(C4)C3)CC1. The van der Waals surface area contributed by atoms with Crippen molar-refractivity contribution in [1.29, 1.82) is 5.26 Å². The Hall–Kier alpha value is -2.89. The number of amides is 1. The molecule has 4 bridgehead atoms. The number of aromatic nitrogens is 2. The van der Waals surface area contributed by atoms with Crippen molar-refractivity contribution in [3.05, 3.63) is 46.6 Å². The Kier molecular flexibility index (Phi) is 8.61. The van der Waals surface area contributed by atoms with Gasteiger partial charge in [0.05, 0.1) is 6.20 Å². The third-order valence-corrected chi connectivity index (χ3v) is 11.0. The molecule has 0 radical (unpaired) electrons. The fraction of sp³-hybridized carbons (Fsp3) is 0.636. The van der Waals surface area contributed by atoms with Crippen molar-refractivity contribution in [2.24, 2.45) is 35.0 Å². The van der Waals surface area contributed by atoms with E-state index in [1.807, 2.05) is 38.4 Å². The van der Waals surface area contributed by atoms with Gasteiger partial charge in [-0.1, -0.05) is 29.8 Å². The van der Waals surface area contributed by atoms with Crippen molar-refractivity contribution >= 4 is 29.3 Å². The molecule has 5 atom stereocenters. The fourth-order valence-electron chi connectivity index (χ4n) is 8.79. The summed E-state index contributed by atoms with van der Waals surface area (Å²) in [5.74, 6) is 4.56. The lowest BCUT2D eigenvalue weighted by Gasteiger charge is -2.60. The summed E-state index contributed by atoms with van der Waals surface area (Å²) in [6.07, 6.45) is 12.4. The molecule has 8 nitrogen and oxygen atoms in total. The standard InChI is InChI=1S/C33H44ClN7O/c1-41(2)31(42)23-9-7-21(8-10-23)17-36-29-25-11-22-12-26(29)15-33(13-22,14-25)20-39-30-27(16-35)19-38-32(40-30)37-18-24-5-3-4-6-28(24)34/h3-6,19,21-23,25-26,29,36H,7-15,17-18,20H2,1-2H3,(H2,37,38,39,40)/t21?,22?,23?,25-,26+,29?,33?. The highest BCUT2D eigenvalue weighted by molar-refractivity contribution is 6.31. The molecule has 42 heavy (non-hydrogen) atoms. The molecule has 2 aromatic rings. The minimum absolute atomic E-state index is 0.218. The van der Waals surface area contributed by atoms with E-state index in [4.69, 9.17) is 16.6 Å². The highest BCUT2D eigenvalue weighted by Crippen LogP contribution is 2.60. The van der Waals surface area contributed by atoms with Crippen LogP contribution in [0.4, 0.5) is 11.8 Å². The molecule has 0 aliphatic heterocycles. The van der Waals surface area contributed by atoms with Gasteiger partial charge in [-0.3, -0.25) is 4.79 Å². The van der Waals surface area contributed by atoms with E-state index in [2.05, 4.69) is 27.0 Å². The molecule has 7 rings (SSSR count). The van der Waals surface area contributed by atoms with E-state index in [1.165, 1.54) is 32.1 Å². The van der Waals surface area contributed by atoms with Gasteiger partial charge in [0, 0.05) is 44.2 Å². The number of rotatable bonds is 10. The van der Waals surface area contributed by atoms with Crippen LogP contribution in [0.5, 0.6) is 0 Å². The lowest BCUT2D eigenvalue weighted by Crippen LogP contribution is -2.60. The summed E-state index contributed by atoms with van der Waals surface area (Å²) >= 11 is 6.31. The van der Waals surface area contributed by atoms with Gasteiger partial charge in [0.2, 0.25) is 11.9 Å². The second-order valence-corrected chi connectivity index (χ2v) is 14.1. The smallest absolute Gasteiger partial charge is 0.225 e. The molecule has 5 saturated carbocycles. The molecule has 5 aliphatic rings. The monoisotopic (exact) mass is 589 g/mol. The van der Waals surface area contributed by atoms with E-state index in [0.717, 1.165) is 62.1 Å². The van der Waals surface area contributed by atoms with E-state index in [-0.39, 0.29) is 11.3 Å². The van der Waals surface area contributed by atoms with Crippen LogP contribution in [0, 0.1) is 46.3 Å². The Morgan fingerprint density at radius 3 is 2.52 bits per heavy atom. The van der Waals surface area contributed by atoms with Crippen LogP contribution >= 0.6 is 11.6 Å². The average molecular weight is 590 g/mol. The van der Waals surface area contributed by atoms with Crippen molar-refractivity contribution in [2.75, 3.05) is 37.8 Å². The number of halogens is 1. The summed E-state index contributed by atoms with van der Waals surface area (Å²) < 4.78 is 0. The zero-order valence-electron chi connectivity index (χ0n) is 24.9. The molecule has 5 aliphatic carbocycles. The van der Waals surface area contributed by atoms with Crippen LogP contribution in [0.15, 0.2) is 30.5 Å². The number of nitrogens with zero attached hydrogens (tertiary/aromatic N) is 4. The van der Waals surface area contributed by atoms with E-state index in [0.29, 0.717) is 46.8 Å². The van der Waals surface area contributed by atoms with Crippen molar-refractivity contribution in [3.63, 3.8) is 0 Å². The first-order valence-electron chi connectivity index (χ1n) is 15.8.